The molecule has 0 radical (unpaired) electrons. The Hall–Kier alpha value is -1.71. The van der Waals surface area contributed by atoms with Gasteiger partial charge in [-0.2, -0.15) is 0 Å². The molecule has 2 fully saturated rings. The molecule has 21 heavy (non-hydrogen) atoms. The maximum Gasteiger partial charge on any atom is 0.316 e. The number of hydrogen-bond acceptors (Lipinski definition) is 2. The summed E-state index contributed by atoms with van der Waals surface area (Å²) in [4.78, 5) is 10.8. The van der Waals surface area contributed by atoms with E-state index in [2.05, 4.69) is 31.4 Å². The molecule has 2 amide bonds. The van der Waals surface area contributed by atoms with E-state index in [0.29, 0.717) is 16.9 Å². The predicted molar refractivity (Wildman–Crippen MR) is 86.3 cm³/mol. The molecular weight excluding hydrogens is 262 g/mol. The molecule has 3 rings (SSSR count). The van der Waals surface area contributed by atoms with E-state index in [4.69, 9.17) is 5.73 Å². The van der Waals surface area contributed by atoms with Crippen molar-refractivity contribution in [2.45, 2.75) is 46.1 Å². The van der Waals surface area contributed by atoms with Crippen LogP contribution in [0.5, 0.6) is 0 Å². The Balaban J connectivity index is 1.76. The molecular formula is C17H25N3O. The zero-order valence-electron chi connectivity index (χ0n) is 13.1. The topological polar surface area (TPSA) is 67.2 Å². The highest BCUT2D eigenvalue weighted by Gasteiger charge is 2.59. The SMILES string of the molecule is CC1(C)C(Nc2ccc(NC(N)=O)cc2)[C@]2(C)CC[C@H]1C2. The average Bonchev–Trinajstić information content (AvgIpc) is 2.87. The minimum absolute atomic E-state index is 0.331. The van der Waals surface area contributed by atoms with Crippen molar-refractivity contribution < 1.29 is 4.79 Å². The number of carbonyl (C=O) groups excluding carboxylic acids is 1. The molecule has 114 valence electrons. The highest BCUT2D eigenvalue weighted by Crippen LogP contribution is 2.63. The van der Waals surface area contributed by atoms with Crippen molar-refractivity contribution in [1.29, 1.82) is 0 Å². The van der Waals surface area contributed by atoms with E-state index in [1.807, 2.05) is 24.3 Å². The van der Waals surface area contributed by atoms with Crippen LogP contribution in [0.1, 0.15) is 40.0 Å². The van der Waals surface area contributed by atoms with E-state index < -0.39 is 6.03 Å². The molecule has 2 aliphatic rings. The van der Waals surface area contributed by atoms with Gasteiger partial charge in [-0.15, -0.1) is 0 Å². The van der Waals surface area contributed by atoms with E-state index in [1.165, 1.54) is 19.3 Å². The molecule has 1 aromatic carbocycles. The van der Waals surface area contributed by atoms with Gasteiger partial charge in [0.15, 0.2) is 0 Å². The Labute approximate surface area is 126 Å². The summed E-state index contributed by atoms with van der Waals surface area (Å²) in [5.74, 6) is 0.829. The lowest BCUT2D eigenvalue weighted by atomic mass is 9.68. The maximum absolute atomic E-state index is 10.8. The van der Waals surface area contributed by atoms with Crippen LogP contribution < -0.4 is 16.4 Å². The van der Waals surface area contributed by atoms with Crippen molar-refractivity contribution in [3.05, 3.63) is 24.3 Å². The number of carbonyl (C=O) groups is 1. The van der Waals surface area contributed by atoms with Crippen LogP contribution in [0.15, 0.2) is 24.3 Å². The number of fused-ring (bicyclic) bond motifs is 2. The smallest absolute Gasteiger partial charge is 0.316 e. The summed E-state index contributed by atoms with van der Waals surface area (Å²) in [6.45, 7) is 7.20. The second kappa shape index (κ2) is 4.65. The Morgan fingerprint density at radius 2 is 1.81 bits per heavy atom. The third kappa shape index (κ3) is 2.37. The van der Waals surface area contributed by atoms with Gasteiger partial charge in [-0.25, -0.2) is 4.79 Å². The van der Waals surface area contributed by atoms with E-state index in [0.717, 1.165) is 17.3 Å². The number of nitrogens with one attached hydrogen (secondary N) is 2. The summed E-state index contributed by atoms with van der Waals surface area (Å²) in [5.41, 5.74) is 7.69. The summed E-state index contributed by atoms with van der Waals surface area (Å²) in [7, 11) is 0. The zero-order valence-corrected chi connectivity index (χ0v) is 13.1. The van der Waals surface area contributed by atoms with Crippen LogP contribution >= 0.6 is 0 Å². The van der Waals surface area contributed by atoms with Gasteiger partial charge in [0.05, 0.1) is 0 Å². The van der Waals surface area contributed by atoms with E-state index in [-0.39, 0.29) is 0 Å². The first-order valence-corrected chi connectivity index (χ1v) is 7.74. The quantitative estimate of drug-likeness (QED) is 0.791. The van der Waals surface area contributed by atoms with Gasteiger partial charge in [-0.05, 0) is 60.3 Å². The number of amides is 2. The van der Waals surface area contributed by atoms with E-state index >= 15 is 0 Å². The number of rotatable bonds is 3. The van der Waals surface area contributed by atoms with E-state index in [9.17, 15) is 4.79 Å². The monoisotopic (exact) mass is 287 g/mol. The molecule has 2 bridgehead atoms. The molecule has 0 aromatic heterocycles. The molecule has 0 heterocycles. The van der Waals surface area contributed by atoms with Crippen molar-refractivity contribution in [1.82, 2.24) is 0 Å². The maximum atomic E-state index is 10.8. The number of hydrogen-bond donors (Lipinski definition) is 3. The summed E-state index contributed by atoms with van der Waals surface area (Å²) in [6, 6.07) is 7.76. The van der Waals surface area contributed by atoms with Crippen molar-refractivity contribution >= 4 is 17.4 Å². The van der Waals surface area contributed by atoms with Crippen LogP contribution in [0, 0.1) is 16.7 Å². The third-order valence-corrected chi connectivity index (χ3v) is 5.73. The van der Waals surface area contributed by atoms with Gasteiger partial charge in [0.1, 0.15) is 0 Å². The number of primary amides is 1. The summed E-state index contributed by atoms with van der Waals surface area (Å²) >= 11 is 0. The Kier molecular flexibility index (Phi) is 3.15. The molecule has 2 aliphatic carbocycles. The Bertz CT molecular complexity index is 547. The summed E-state index contributed by atoms with van der Waals surface area (Å²) < 4.78 is 0. The van der Waals surface area contributed by atoms with Gasteiger partial charge in [0.2, 0.25) is 0 Å². The van der Waals surface area contributed by atoms with Gasteiger partial charge in [0, 0.05) is 17.4 Å². The second-order valence-corrected chi connectivity index (χ2v) is 7.56. The van der Waals surface area contributed by atoms with Crippen LogP contribution in [0.3, 0.4) is 0 Å². The predicted octanol–water partition coefficient (Wildman–Crippen LogP) is 3.80. The number of nitrogens with two attached hydrogens (primary N) is 1. The highest BCUT2D eigenvalue weighted by atomic mass is 16.2. The Morgan fingerprint density at radius 1 is 1.19 bits per heavy atom. The molecule has 4 heteroatoms. The highest BCUT2D eigenvalue weighted by molar-refractivity contribution is 5.87. The first-order valence-electron chi connectivity index (χ1n) is 7.74. The molecule has 1 unspecified atom stereocenters. The van der Waals surface area contributed by atoms with Crippen LogP contribution in [0.2, 0.25) is 0 Å². The molecule has 4 N–H and O–H groups in total. The fourth-order valence-corrected chi connectivity index (χ4v) is 4.62. The number of urea groups is 1. The summed E-state index contributed by atoms with van der Waals surface area (Å²) in [6.07, 6.45) is 4.02. The first-order chi connectivity index (χ1) is 9.81. The second-order valence-electron chi connectivity index (χ2n) is 7.56. The fourth-order valence-electron chi connectivity index (χ4n) is 4.62. The molecule has 0 saturated heterocycles. The van der Waals surface area contributed by atoms with Crippen molar-refractivity contribution in [3.63, 3.8) is 0 Å². The largest absolute Gasteiger partial charge is 0.381 e. The van der Waals surface area contributed by atoms with Crippen LogP contribution in [0.25, 0.3) is 0 Å². The fraction of sp³-hybridized carbons (Fsp3) is 0.588. The van der Waals surface area contributed by atoms with Gasteiger partial charge in [0.25, 0.3) is 0 Å². The number of benzene rings is 1. The van der Waals surface area contributed by atoms with Gasteiger partial charge in [-0.1, -0.05) is 20.8 Å². The normalized spacial score (nSPS) is 32.9. The van der Waals surface area contributed by atoms with Crippen molar-refractivity contribution in [3.8, 4) is 0 Å². The molecule has 4 nitrogen and oxygen atoms in total. The molecule has 0 spiro atoms. The molecule has 1 aromatic rings. The first kappa shape index (κ1) is 14.2. The number of anilines is 2. The average molecular weight is 287 g/mol. The standard InChI is InChI=1S/C17H25N3O/c1-16(2)11-8-9-17(3,10-11)14(16)19-12-4-6-13(7-5-12)20-15(18)21/h4-7,11,14,19H,8-10H2,1-3H3,(H3,18,20,21)/t11-,14?,17+/m0/s1. The molecule has 3 atom stereocenters. The minimum atomic E-state index is -0.530. The molecule has 0 aliphatic heterocycles. The lowest BCUT2D eigenvalue weighted by molar-refractivity contribution is 0.155. The van der Waals surface area contributed by atoms with E-state index in [1.54, 1.807) is 0 Å². The van der Waals surface area contributed by atoms with Crippen LogP contribution in [-0.4, -0.2) is 12.1 Å². The third-order valence-electron chi connectivity index (χ3n) is 5.73. The van der Waals surface area contributed by atoms with Gasteiger partial charge >= 0.3 is 6.03 Å². The Morgan fingerprint density at radius 3 is 2.33 bits per heavy atom. The van der Waals surface area contributed by atoms with Crippen LogP contribution in [0.4, 0.5) is 16.2 Å². The van der Waals surface area contributed by atoms with Crippen LogP contribution in [-0.2, 0) is 0 Å². The van der Waals surface area contributed by atoms with Gasteiger partial charge < -0.3 is 16.4 Å². The van der Waals surface area contributed by atoms with Crippen molar-refractivity contribution in [2.24, 2.45) is 22.5 Å². The zero-order chi connectivity index (χ0) is 15.3. The van der Waals surface area contributed by atoms with Crippen molar-refractivity contribution in [2.75, 3.05) is 10.6 Å². The lowest BCUT2D eigenvalue weighted by Crippen LogP contribution is -2.45. The lowest BCUT2D eigenvalue weighted by Gasteiger charge is -2.43. The van der Waals surface area contributed by atoms with Gasteiger partial charge in [-0.3, -0.25) is 0 Å². The minimum Gasteiger partial charge on any atom is -0.381 e. The molecule has 2 saturated carbocycles. The summed E-state index contributed by atoms with van der Waals surface area (Å²) in [5, 5.41) is 6.33.